The predicted molar refractivity (Wildman–Crippen MR) is 77.7 cm³/mol. The van der Waals surface area contributed by atoms with Gasteiger partial charge in [0.1, 0.15) is 4.88 Å². The van der Waals surface area contributed by atoms with Gasteiger partial charge in [-0.15, -0.1) is 5.10 Å². The number of hydrogen-bond acceptors (Lipinski definition) is 5. The molecule has 0 aliphatic carbocycles. The van der Waals surface area contributed by atoms with Crippen molar-refractivity contribution in [1.82, 2.24) is 14.9 Å². The maximum absolute atomic E-state index is 12.3. The first-order valence-electron chi connectivity index (χ1n) is 6.42. The van der Waals surface area contributed by atoms with Gasteiger partial charge in [0, 0.05) is 0 Å². The van der Waals surface area contributed by atoms with E-state index in [1.165, 1.54) is 0 Å². The third-order valence-electron chi connectivity index (χ3n) is 2.96. The molecule has 106 valence electrons. The predicted octanol–water partition coefficient (Wildman–Crippen LogP) is 2.12. The molecule has 0 saturated heterocycles. The highest BCUT2D eigenvalue weighted by molar-refractivity contribution is 7.08. The molecule has 0 bridgehead atoms. The Balaban J connectivity index is 2.16. The summed E-state index contributed by atoms with van der Waals surface area (Å²) in [6, 6.07) is 8.95. The van der Waals surface area contributed by atoms with Crippen LogP contribution in [0.1, 0.15) is 46.7 Å². The van der Waals surface area contributed by atoms with Crippen LogP contribution >= 0.6 is 11.5 Å². The summed E-state index contributed by atoms with van der Waals surface area (Å²) < 4.78 is 3.84. The van der Waals surface area contributed by atoms with Gasteiger partial charge in [0.05, 0.1) is 18.3 Å². The van der Waals surface area contributed by atoms with Gasteiger partial charge in [-0.1, -0.05) is 48.7 Å². The maximum Gasteiger partial charge on any atom is 0.265 e. The number of amides is 1. The standard InChI is InChI=1S/C14H17N3O2S/c1-9(2)12-13(20-17-16-12)14(19)15-11(8-18)10-6-4-3-5-7-10/h3-7,9,11,18H,8H2,1-2H3,(H,15,19)/t11-/m0/s1. The smallest absolute Gasteiger partial charge is 0.265 e. The fourth-order valence-corrected chi connectivity index (χ4v) is 2.60. The van der Waals surface area contributed by atoms with Crippen LogP contribution in [0.3, 0.4) is 0 Å². The molecule has 1 atom stereocenters. The number of nitrogens with one attached hydrogen (secondary N) is 1. The first kappa shape index (κ1) is 14.6. The normalized spacial score (nSPS) is 12.4. The molecule has 2 rings (SSSR count). The molecule has 1 amide bonds. The lowest BCUT2D eigenvalue weighted by Gasteiger charge is -2.16. The molecule has 1 heterocycles. The molecule has 0 aliphatic rings. The lowest BCUT2D eigenvalue weighted by molar-refractivity contribution is 0.0919. The van der Waals surface area contributed by atoms with E-state index in [4.69, 9.17) is 0 Å². The van der Waals surface area contributed by atoms with E-state index in [0.717, 1.165) is 17.1 Å². The highest BCUT2D eigenvalue weighted by atomic mass is 32.1. The van der Waals surface area contributed by atoms with Crippen LogP contribution in [0, 0.1) is 0 Å². The fourth-order valence-electron chi connectivity index (χ4n) is 1.88. The van der Waals surface area contributed by atoms with Crippen molar-refractivity contribution < 1.29 is 9.90 Å². The Morgan fingerprint density at radius 3 is 2.65 bits per heavy atom. The Morgan fingerprint density at radius 2 is 2.05 bits per heavy atom. The van der Waals surface area contributed by atoms with Gasteiger partial charge < -0.3 is 10.4 Å². The van der Waals surface area contributed by atoms with Crippen LogP contribution in [0.5, 0.6) is 0 Å². The third kappa shape index (κ3) is 3.20. The number of aliphatic hydroxyl groups is 1. The molecule has 0 spiro atoms. The zero-order valence-corrected chi connectivity index (χ0v) is 12.2. The highest BCUT2D eigenvalue weighted by Gasteiger charge is 2.21. The first-order valence-corrected chi connectivity index (χ1v) is 7.19. The van der Waals surface area contributed by atoms with Crippen molar-refractivity contribution in [3.8, 4) is 0 Å². The topological polar surface area (TPSA) is 75.1 Å². The number of carbonyl (C=O) groups excluding carboxylic acids is 1. The molecule has 5 nitrogen and oxygen atoms in total. The molecular formula is C14H17N3O2S. The molecule has 0 saturated carbocycles. The number of aliphatic hydroxyl groups excluding tert-OH is 1. The molecule has 20 heavy (non-hydrogen) atoms. The van der Waals surface area contributed by atoms with Crippen molar-refractivity contribution in [2.24, 2.45) is 0 Å². The minimum absolute atomic E-state index is 0.138. The molecule has 1 aromatic heterocycles. The molecule has 2 aromatic rings. The third-order valence-corrected chi connectivity index (χ3v) is 3.70. The molecule has 2 N–H and O–H groups in total. The van der Waals surface area contributed by atoms with Crippen molar-refractivity contribution >= 4 is 17.4 Å². The Bertz CT molecular complexity index is 569. The lowest BCUT2D eigenvalue weighted by atomic mass is 10.1. The fraction of sp³-hybridized carbons (Fsp3) is 0.357. The van der Waals surface area contributed by atoms with Crippen LogP contribution in [0.2, 0.25) is 0 Å². The summed E-state index contributed by atoms with van der Waals surface area (Å²) in [7, 11) is 0. The average molecular weight is 291 g/mol. The zero-order chi connectivity index (χ0) is 14.5. The number of nitrogens with zero attached hydrogens (tertiary/aromatic N) is 2. The minimum Gasteiger partial charge on any atom is -0.394 e. The van der Waals surface area contributed by atoms with Gasteiger partial charge in [-0.25, -0.2) is 0 Å². The number of benzene rings is 1. The molecule has 1 aromatic carbocycles. The number of hydrogen-bond donors (Lipinski definition) is 2. The van der Waals surface area contributed by atoms with Crippen LogP contribution in [-0.2, 0) is 0 Å². The highest BCUT2D eigenvalue weighted by Crippen LogP contribution is 2.21. The second-order valence-corrected chi connectivity index (χ2v) is 5.52. The lowest BCUT2D eigenvalue weighted by Crippen LogP contribution is -2.30. The van der Waals surface area contributed by atoms with Crippen LogP contribution in [0.4, 0.5) is 0 Å². The van der Waals surface area contributed by atoms with Crippen LogP contribution in [0.25, 0.3) is 0 Å². The van der Waals surface area contributed by atoms with Gasteiger partial charge in [0.15, 0.2) is 0 Å². The van der Waals surface area contributed by atoms with Crippen LogP contribution in [-0.4, -0.2) is 27.2 Å². The summed E-state index contributed by atoms with van der Waals surface area (Å²) in [6.45, 7) is 3.78. The monoisotopic (exact) mass is 291 g/mol. The van der Waals surface area contributed by atoms with Gasteiger partial charge in [-0.05, 0) is 23.0 Å². The van der Waals surface area contributed by atoms with E-state index < -0.39 is 6.04 Å². The number of aromatic nitrogens is 2. The molecule has 6 heteroatoms. The summed E-state index contributed by atoms with van der Waals surface area (Å²) in [5, 5.41) is 16.3. The first-order chi connectivity index (χ1) is 9.63. The molecule has 0 radical (unpaired) electrons. The van der Waals surface area contributed by atoms with Gasteiger partial charge in [-0.3, -0.25) is 4.79 Å². The Morgan fingerprint density at radius 1 is 1.35 bits per heavy atom. The Kier molecular flexibility index (Phi) is 4.81. The van der Waals surface area contributed by atoms with E-state index in [2.05, 4.69) is 14.9 Å². The quantitative estimate of drug-likeness (QED) is 0.885. The van der Waals surface area contributed by atoms with Gasteiger partial charge in [-0.2, -0.15) is 0 Å². The van der Waals surface area contributed by atoms with Gasteiger partial charge in [0.25, 0.3) is 5.91 Å². The van der Waals surface area contributed by atoms with E-state index in [-0.39, 0.29) is 18.4 Å². The summed E-state index contributed by atoms with van der Waals surface area (Å²) in [5.41, 5.74) is 1.56. The Labute approximate surface area is 121 Å². The van der Waals surface area contributed by atoms with Crippen molar-refractivity contribution in [2.75, 3.05) is 6.61 Å². The van der Waals surface area contributed by atoms with Crippen LogP contribution in [0.15, 0.2) is 30.3 Å². The van der Waals surface area contributed by atoms with E-state index in [1.54, 1.807) is 0 Å². The van der Waals surface area contributed by atoms with E-state index in [9.17, 15) is 9.90 Å². The van der Waals surface area contributed by atoms with Crippen LogP contribution < -0.4 is 5.32 Å². The van der Waals surface area contributed by atoms with E-state index >= 15 is 0 Å². The summed E-state index contributed by atoms with van der Waals surface area (Å²) in [6.07, 6.45) is 0. The summed E-state index contributed by atoms with van der Waals surface area (Å²) in [5.74, 6) is -0.106. The molecular weight excluding hydrogens is 274 g/mol. The Hall–Kier alpha value is -1.79. The van der Waals surface area contributed by atoms with Crippen molar-refractivity contribution in [1.29, 1.82) is 0 Å². The second kappa shape index (κ2) is 6.58. The summed E-state index contributed by atoms with van der Waals surface area (Å²) >= 11 is 1.08. The number of carbonyl (C=O) groups is 1. The van der Waals surface area contributed by atoms with E-state index in [1.807, 2.05) is 44.2 Å². The average Bonchev–Trinajstić information content (AvgIpc) is 2.95. The SMILES string of the molecule is CC(C)c1nnsc1C(=O)N[C@@H](CO)c1ccccc1. The van der Waals surface area contributed by atoms with Crippen molar-refractivity contribution in [3.63, 3.8) is 0 Å². The van der Waals surface area contributed by atoms with Gasteiger partial charge in [0.2, 0.25) is 0 Å². The molecule has 0 fully saturated rings. The number of rotatable bonds is 5. The minimum atomic E-state index is -0.425. The zero-order valence-electron chi connectivity index (χ0n) is 11.4. The molecule has 0 unspecified atom stereocenters. The second-order valence-electron chi connectivity index (χ2n) is 4.76. The van der Waals surface area contributed by atoms with E-state index in [0.29, 0.717) is 10.6 Å². The maximum atomic E-state index is 12.3. The van der Waals surface area contributed by atoms with Gasteiger partial charge >= 0.3 is 0 Å². The molecule has 0 aliphatic heterocycles. The summed E-state index contributed by atoms with van der Waals surface area (Å²) in [4.78, 5) is 12.8. The largest absolute Gasteiger partial charge is 0.394 e. The van der Waals surface area contributed by atoms with Crippen molar-refractivity contribution in [2.45, 2.75) is 25.8 Å². The van der Waals surface area contributed by atoms with Crippen molar-refractivity contribution in [3.05, 3.63) is 46.5 Å².